The minimum Gasteiger partial charge on any atom is -0.481 e. The van der Waals surface area contributed by atoms with Gasteiger partial charge in [-0.05, 0) is 31.1 Å². The molecule has 4 unspecified atom stereocenters. The van der Waals surface area contributed by atoms with Crippen LogP contribution in [-0.4, -0.2) is 22.3 Å². The van der Waals surface area contributed by atoms with E-state index in [2.05, 4.69) is 10.5 Å². The van der Waals surface area contributed by atoms with Crippen LogP contribution in [0.25, 0.3) is 0 Å². The Morgan fingerprint density at radius 2 is 2.35 bits per heavy atom. The molecule has 1 aromatic heterocycles. The molecule has 4 atom stereocenters. The summed E-state index contributed by atoms with van der Waals surface area (Å²) in [4.78, 5) is 11.3. The van der Waals surface area contributed by atoms with Gasteiger partial charge in [-0.1, -0.05) is 5.16 Å². The van der Waals surface area contributed by atoms with E-state index in [-0.39, 0.29) is 12.0 Å². The first-order valence-corrected chi connectivity index (χ1v) is 6.11. The quantitative estimate of drug-likeness (QED) is 0.823. The van der Waals surface area contributed by atoms with E-state index in [4.69, 9.17) is 4.52 Å². The predicted molar refractivity (Wildman–Crippen MR) is 59.1 cm³/mol. The summed E-state index contributed by atoms with van der Waals surface area (Å²) in [6, 6.07) is 1.90. The van der Waals surface area contributed by atoms with E-state index in [0.29, 0.717) is 18.4 Å². The fraction of sp³-hybridized carbons (Fsp3) is 0.667. The molecule has 0 amide bonds. The number of carbonyl (C=O) groups is 1. The predicted octanol–water partition coefficient (Wildman–Crippen LogP) is 1.26. The molecule has 0 aromatic carbocycles. The number of nitrogens with one attached hydrogen (secondary N) is 1. The molecule has 1 aromatic rings. The number of aromatic nitrogens is 1. The minimum absolute atomic E-state index is 0.0938. The molecule has 2 aliphatic rings. The van der Waals surface area contributed by atoms with Gasteiger partial charge in [0.25, 0.3) is 0 Å². The highest BCUT2D eigenvalue weighted by Crippen LogP contribution is 2.48. The third-order valence-corrected chi connectivity index (χ3v) is 4.20. The molecule has 0 saturated heterocycles. The first-order valence-electron chi connectivity index (χ1n) is 6.11. The lowest BCUT2D eigenvalue weighted by molar-refractivity contribution is -0.144. The number of hydrogen-bond donors (Lipinski definition) is 2. The molecular weight excluding hydrogens is 220 g/mol. The number of hydrogen-bond acceptors (Lipinski definition) is 4. The van der Waals surface area contributed by atoms with E-state index in [9.17, 15) is 9.90 Å². The van der Waals surface area contributed by atoms with Gasteiger partial charge in [-0.3, -0.25) is 4.79 Å². The van der Waals surface area contributed by atoms with Crippen LogP contribution >= 0.6 is 0 Å². The highest BCUT2D eigenvalue weighted by Gasteiger charge is 2.50. The zero-order valence-corrected chi connectivity index (χ0v) is 9.50. The zero-order chi connectivity index (χ0) is 11.8. The van der Waals surface area contributed by atoms with Crippen LogP contribution in [0.3, 0.4) is 0 Å². The number of aliphatic carboxylic acids is 1. The van der Waals surface area contributed by atoms with Gasteiger partial charge in [-0.15, -0.1) is 0 Å². The second-order valence-electron chi connectivity index (χ2n) is 5.08. The molecule has 2 saturated carbocycles. The van der Waals surface area contributed by atoms with Crippen LogP contribution in [-0.2, 0) is 11.3 Å². The summed E-state index contributed by atoms with van der Waals surface area (Å²) in [5.41, 5.74) is 0. The monoisotopic (exact) mass is 236 g/mol. The molecule has 5 heteroatoms. The molecular formula is C12H16N2O3. The van der Waals surface area contributed by atoms with Crippen molar-refractivity contribution in [1.29, 1.82) is 0 Å². The zero-order valence-electron chi connectivity index (χ0n) is 9.50. The molecule has 1 heterocycles. The van der Waals surface area contributed by atoms with Gasteiger partial charge in [0.1, 0.15) is 5.76 Å². The Bertz CT molecular complexity index is 404. The van der Waals surface area contributed by atoms with E-state index >= 15 is 0 Å². The third kappa shape index (κ3) is 1.84. The largest absolute Gasteiger partial charge is 0.481 e. The number of carboxylic acid groups (broad SMARTS) is 1. The van der Waals surface area contributed by atoms with Crippen molar-refractivity contribution in [1.82, 2.24) is 10.5 Å². The Labute approximate surface area is 99.2 Å². The van der Waals surface area contributed by atoms with E-state index in [0.717, 1.165) is 25.0 Å². The average molecular weight is 236 g/mol. The van der Waals surface area contributed by atoms with E-state index in [1.165, 1.54) is 0 Å². The highest BCUT2D eigenvalue weighted by molar-refractivity contribution is 5.72. The number of nitrogens with zero attached hydrogens (tertiary/aromatic N) is 1. The van der Waals surface area contributed by atoms with E-state index in [1.54, 1.807) is 12.3 Å². The smallest absolute Gasteiger partial charge is 0.308 e. The molecule has 92 valence electrons. The second kappa shape index (κ2) is 4.14. The molecule has 2 N–H and O–H groups in total. The third-order valence-electron chi connectivity index (χ3n) is 4.20. The van der Waals surface area contributed by atoms with E-state index in [1.807, 2.05) is 0 Å². The normalized spacial score (nSPS) is 35.3. The first-order chi connectivity index (χ1) is 8.25. The fourth-order valence-electron chi connectivity index (χ4n) is 3.49. The standard InChI is InChI=1S/C12H16N2O3/c15-12(16)10-7-1-2-8(5-7)11(10)13-6-9-3-4-14-17-9/h3-4,7-8,10-11,13H,1-2,5-6H2,(H,15,16). The molecule has 17 heavy (non-hydrogen) atoms. The molecule has 2 aliphatic carbocycles. The van der Waals surface area contributed by atoms with Crippen LogP contribution in [0.4, 0.5) is 0 Å². The van der Waals surface area contributed by atoms with Crippen molar-refractivity contribution in [3.8, 4) is 0 Å². The van der Waals surface area contributed by atoms with E-state index < -0.39 is 5.97 Å². The summed E-state index contributed by atoms with van der Waals surface area (Å²) >= 11 is 0. The molecule has 5 nitrogen and oxygen atoms in total. The lowest BCUT2D eigenvalue weighted by Crippen LogP contribution is -2.43. The lowest BCUT2D eigenvalue weighted by atomic mass is 9.84. The van der Waals surface area contributed by atoms with Crippen LogP contribution in [0.15, 0.2) is 16.8 Å². The SMILES string of the molecule is O=C(O)C1C2CCC(C2)C1NCc1ccno1. The summed E-state index contributed by atoms with van der Waals surface area (Å²) in [5, 5.41) is 16.3. The Balaban J connectivity index is 1.67. The Morgan fingerprint density at radius 1 is 1.53 bits per heavy atom. The van der Waals surface area contributed by atoms with Gasteiger partial charge in [0.2, 0.25) is 0 Å². The van der Waals surface area contributed by atoms with Crippen molar-refractivity contribution in [2.24, 2.45) is 17.8 Å². The van der Waals surface area contributed by atoms with Crippen LogP contribution < -0.4 is 5.32 Å². The summed E-state index contributed by atoms with van der Waals surface area (Å²) in [5.74, 6) is 0.759. The molecule has 2 bridgehead atoms. The molecule has 0 spiro atoms. The first kappa shape index (κ1) is 10.8. The molecule has 3 rings (SSSR count). The van der Waals surface area contributed by atoms with Crippen molar-refractivity contribution in [2.75, 3.05) is 0 Å². The second-order valence-corrected chi connectivity index (χ2v) is 5.08. The van der Waals surface area contributed by atoms with Gasteiger partial charge >= 0.3 is 5.97 Å². The minimum atomic E-state index is -0.660. The fourth-order valence-corrected chi connectivity index (χ4v) is 3.49. The number of carboxylic acids is 1. The van der Waals surface area contributed by atoms with Crippen LogP contribution in [0.5, 0.6) is 0 Å². The maximum atomic E-state index is 11.3. The summed E-state index contributed by atoms with van der Waals surface area (Å²) in [7, 11) is 0. The lowest BCUT2D eigenvalue weighted by Gasteiger charge is -2.28. The molecule has 0 radical (unpaired) electrons. The molecule has 0 aliphatic heterocycles. The average Bonchev–Trinajstić information content (AvgIpc) is 3.01. The Morgan fingerprint density at radius 3 is 3.06 bits per heavy atom. The van der Waals surface area contributed by atoms with Crippen molar-refractivity contribution < 1.29 is 14.4 Å². The topological polar surface area (TPSA) is 75.4 Å². The Hall–Kier alpha value is -1.36. The maximum Gasteiger partial charge on any atom is 0.308 e. The Kier molecular flexibility index (Phi) is 2.63. The van der Waals surface area contributed by atoms with Gasteiger partial charge in [0.05, 0.1) is 18.7 Å². The van der Waals surface area contributed by atoms with Gasteiger partial charge in [0, 0.05) is 12.1 Å². The maximum absolute atomic E-state index is 11.3. The van der Waals surface area contributed by atoms with Crippen molar-refractivity contribution in [2.45, 2.75) is 31.8 Å². The van der Waals surface area contributed by atoms with Gasteiger partial charge in [-0.25, -0.2) is 0 Å². The van der Waals surface area contributed by atoms with Crippen molar-refractivity contribution in [3.05, 3.63) is 18.0 Å². The van der Waals surface area contributed by atoms with Gasteiger partial charge in [0.15, 0.2) is 0 Å². The van der Waals surface area contributed by atoms with Crippen LogP contribution in [0, 0.1) is 17.8 Å². The molecule has 2 fully saturated rings. The highest BCUT2D eigenvalue weighted by atomic mass is 16.5. The van der Waals surface area contributed by atoms with Crippen LogP contribution in [0.2, 0.25) is 0 Å². The van der Waals surface area contributed by atoms with Crippen LogP contribution in [0.1, 0.15) is 25.0 Å². The summed E-state index contributed by atoms with van der Waals surface area (Å²) < 4.78 is 5.01. The van der Waals surface area contributed by atoms with Crippen molar-refractivity contribution in [3.63, 3.8) is 0 Å². The van der Waals surface area contributed by atoms with Gasteiger partial charge < -0.3 is 14.9 Å². The summed E-state index contributed by atoms with van der Waals surface area (Å²) in [6.45, 7) is 0.567. The van der Waals surface area contributed by atoms with Gasteiger partial charge in [-0.2, -0.15) is 0 Å². The van der Waals surface area contributed by atoms with Crippen molar-refractivity contribution >= 4 is 5.97 Å². The summed E-state index contributed by atoms with van der Waals surface area (Å²) in [6.07, 6.45) is 4.89. The number of rotatable bonds is 4. The number of fused-ring (bicyclic) bond motifs is 2.